The highest BCUT2D eigenvalue weighted by Gasteiger charge is 2.11. The molecular weight excluding hydrogens is 336 g/mol. The molecule has 0 fully saturated rings. The molecule has 9 heteroatoms. The predicted octanol–water partition coefficient (Wildman–Crippen LogP) is -1.65. The van der Waals surface area contributed by atoms with Crippen molar-refractivity contribution in [1.29, 1.82) is 0 Å². The highest BCUT2D eigenvalue weighted by atomic mass is 16.2. The van der Waals surface area contributed by atoms with Gasteiger partial charge in [-0.05, 0) is 72.5 Å². The Morgan fingerprint density at radius 3 is 1.65 bits per heavy atom. The van der Waals surface area contributed by atoms with Crippen molar-refractivity contribution >= 4 is 18.2 Å². The molecule has 0 saturated heterocycles. The van der Waals surface area contributed by atoms with E-state index >= 15 is 0 Å². The van der Waals surface area contributed by atoms with Crippen molar-refractivity contribution in [2.45, 2.75) is 25.7 Å². The van der Waals surface area contributed by atoms with Crippen LogP contribution in [0.15, 0.2) is 0 Å². The zero-order chi connectivity index (χ0) is 19.6. The van der Waals surface area contributed by atoms with Crippen molar-refractivity contribution in [3.8, 4) is 0 Å². The van der Waals surface area contributed by atoms with Crippen LogP contribution in [0.4, 0.5) is 0 Å². The summed E-state index contributed by atoms with van der Waals surface area (Å²) in [5, 5.41) is 7.88. The number of nitrogens with one attached hydrogen (secondary N) is 3. The largest absolute Gasteiger partial charge is 0.359 e. The van der Waals surface area contributed by atoms with Crippen LogP contribution in [0.25, 0.3) is 0 Å². The van der Waals surface area contributed by atoms with Gasteiger partial charge in [0.1, 0.15) is 0 Å². The van der Waals surface area contributed by atoms with Crippen LogP contribution < -0.4 is 21.7 Å². The highest BCUT2D eigenvalue weighted by molar-refractivity contribution is 6.35. The Kier molecular flexibility index (Phi) is 15.6. The van der Waals surface area contributed by atoms with E-state index in [9.17, 15) is 14.4 Å². The lowest BCUT2D eigenvalue weighted by Gasteiger charge is -2.16. The fourth-order valence-electron chi connectivity index (χ4n) is 2.36. The van der Waals surface area contributed by atoms with E-state index in [1.807, 2.05) is 14.1 Å². The van der Waals surface area contributed by atoms with E-state index in [0.29, 0.717) is 32.6 Å². The number of amides is 3. The molecule has 0 aromatic rings. The van der Waals surface area contributed by atoms with Crippen molar-refractivity contribution in [2.75, 3.05) is 66.5 Å². The predicted molar refractivity (Wildman–Crippen MR) is 103 cm³/mol. The summed E-state index contributed by atoms with van der Waals surface area (Å²) in [6.45, 7) is 5.76. The maximum Gasteiger partial charge on any atom is 0.309 e. The lowest BCUT2D eigenvalue weighted by atomic mass is 10.3. The first kappa shape index (κ1) is 24.3. The SMILES string of the molecule is CN(CCCN)CCCNC(=O)C(=O)NCCCN(C)CCCNC=O. The monoisotopic (exact) mass is 372 g/mol. The Morgan fingerprint density at radius 2 is 1.23 bits per heavy atom. The topological polar surface area (TPSA) is 120 Å². The van der Waals surface area contributed by atoms with Crippen LogP contribution in [0.5, 0.6) is 0 Å². The number of nitrogens with two attached hydrogens (primary N) is 1. The van der Waals surface area contributed by atoms with E-state index in [1.54, 1.807) is 0 Å². The van der Waals surface area contributed by atoms with Gasteiger partial charge in [0, 0.05) is 19.6 Å². The molecule has 0 radical (unpaired) electrons. The Hall–Kier alpha value is -1.71. The molecule has 0 aromatic heterocycles. The van der Waals surface area contributed by atoms with Gasteiger partial charge in [-0.25, -0.2) is 0 Å². The molecule has 0 rings (SSSR count). The molecule has 152 valence electrons. The first-order chi connectivity index (χ1) is 12.5. The van der Waals surface area contributed by atoms with Crippen LogP contribution in [-0.4, -0.2) is 94.5 Å². The van der Waals surface area contributed by atoms with E-state index in [4.69, 9.17) is 5.73 Å². The molecule has 0 spiro atoms. The number of hydrogen-bond donors (Lipinski definition) is 4. The van der Waals surface area contributed by atoms with Gasteiger partial charge in [-0.15, -0.1) is 0 Å². The van der Waals surface area contributed by atoms with Gasteiger partial charge in [-0.2, -0.15) is 0 Å². The first-order valence-corrected chi connectivity index (χ1v) is 9.31. The van der Waals surface area contributed by atoms with E-state index in [-0.39, 0.29) is 0 Å². The second-order valence-electron chi connectivity index (χ2n) is 6.39. The van der Waals surface area contributed by atoms with Crippen LogP contribution in [0.3, 0.4) is 0 Å². The van der Waals surface area contributed by atoms with Gasteiger partial charge >= 0.3 is 11.8 Å². The second kappa shape index (κ2) is 16.7. The molecule has 0 aliphatic carbocycles. The number of hydrogen-bond acceptors (Lipinski definition) is 6. The van der Waals surface area contributed by atoms with Crippen LogP contribution in [-0.2, 0) is 14.4 Å². The summed E-state index contributed by atoms with van der Waals surface area (Å²) < 4.78 is 0. The maximum absolute atomic E-state index is 11.7. The van der Waals surface area contributed by atoms with E-state index in [0.717, 1.165) is 51.9 Å². The number of carbonyl (C=O) groups is 3. The molecule has 0 aliphatic rings. The van der Waals surface area contributed by atoms with E-state index in [1.165, 1.54) is 0 Å². The van der Waals surface area contributed by atoms with Gasteiger partial charge in [-0.1, -0.05) is 0 Å². The van der Waals surface area contributed by atoms with Crippen molar-refractivity contribution in [1.82, 2.24) is 25.8 Å². The molecule has 0 heterocycles. The molecule has 0 atom stereocenters. The minimum Gasteiger partial charge on any atom is -0.359 e. The Labute approximate surface area is 157 Å². The zero-order valence-corrected chi connectivity index (χ0v) is 16.3. The summed E-state index contributed by atoms with van der Waals surface area (Å²) in [5.74, 6) is -1.16. The highest BCUT2D eigenvalue weighted by Crippen LogP contribution is 1.90. The smallest absolute Gasteiger partial charge is 0.309 e. The standard InChI is InChI=1S/C17H36N6O3/c1-22(11-3-7-18)13-5-9-20-16(25)17(26)21-10-6-14-23(2)12-4-8-19-15-24/h15H,3-14,18H2,1-2H3,(H,19,24)(H,20,25)(H,21,26). The molecule has 9 nitrogen and oxygen atoms in total. The molecule has 0 unspecified atom stereocenters. The maximum atomic E-state index is 11.7. The van der Waals surface area contributed by atoms with Crippen LogP contribution >= 0.6 is 0 Å². The molecule has 0 aromatic carbocycles. The molecule has 26 heavy (non-hydrogen) atoms. The Morgan fingerprint density at radius 1 is 0.808 bits per heavy atom. The second-order valence-corrected chi connectivity index (χ2v) is 6.39. The zero-order valence-electron chi connectivity index (χ0n) is 16.3. The minimum absolute atomic E-state index is 0.463. The van der Waals surface area contributed by atoms with Crippen molar-refractivity contribution in [2.24, 2.45) is 5.73 Å². The van der Waals surface area contributed by atoms with Crippen molar-refractivity contribution in [3.63, 3.8) is 0 Å². The average molecular weight is 373 g/mol. The molecule has 5 N–H and O–H groups in total. The minimum atomic E-state index is -0.584. The summed E-state index contributed by atoms with van der Waals surface area (Å²) in [5.41, 5.74) is 5.46. The van der Waals surface area contributed by atoms with Gasteiger partial charge in [0.25, 0.3) is 0 Å². The van der Waals surface area contributed by atoms with Crippen molar-refractivity contribution < 1.29 is 14.4 Å². The normalized spacial score (nSPS) is 10.8. The average Bonchev–Trinajstić information content (AvgIpc) is 2.63. The lowest BCUT2D eigenvalue weighted by molar-refractivity contribution is -0.139. The third-order valence-corrected chi connectivity index (χ3v) is 3.90. The summed E-state index contributed by atoms with van der Waals surface area (Å²) in [4.78, 5) is 37.8. The summed E-state index contributed by atoms with van der Waals surface area (Å²) >= 11 is 0. The summed E-state index contributed by atoms with van der Waals surface area (Å²) in [6.07, 6.45) is 4.09. The van der Waals surface area contributed by atoms with Gasteiger partial charge in [0.05, 0.1) is 0 Å². The first-order valence-electron chi connectivity index (χ1n) is 9.31. The summed E-state index contributed by atoms with van der Waals surface area (Å²) in [7, 11) is 4.00. The molecular formula is C17H36N6O3. The quantitative estimate of drug-likeness (QED) is 0.146. The van der Waals surface area contributed by atoms with Crippen LogP contribution in [0, 0.1) is 0 Å². The summed E-state index contributed by atoms with van der Waals surface area (Å²) in [6, 6.07) is 0. The van der Waals surface area contributed by atoms with Gasteiger partial charge in [-0.3, -0.25) is 14.4 Å². The fourth-order valence-corrected chi connectivity index (χ4v) is 2.36. The van der Waals surface area contributed by atoms with Crippen molar-refractivity contribution in [3.05, 3.63) is 0 Å². The van der Waals surface area contributed by atoms with Gasteiger partial charge < -0.3 is 31.5 Å². The third kappa shape index (κ3) is 14.6. The van der Waals surface area contributed by atoms with E-state index in [2.05, 4.69) is 25.8 Å². The number of nitrogens with zero attached hydrogens (tertiary/aromatic N) is 2. The fraction of sp³-hybridized carbons (Fsp3) is 0.824. The van der Waals surface area contributed by atoms with Gasteiger partial charge in [0.15, 0.2) is 0 Å². The molecule has 0 saturated carbocycles. The lowest BCUT2D eigenvalue weighted by Crippen LogP contribution is -2.41. The molecule has 0 bridgehead atoms. The Bertz CT molecular complexity index is 395. The Balaban J connectivity index is 3.61. The number of carbonyl (C=O) groups excluding carboxylic acids is 3. The number of rotatable bonds is 16. The molecule has 0 aliphatic heterocycles. The van der Waals surface area contributed by atoms with Gasteiger partial charge in [0.2, 0.25) is 6.41 Å². The van der Waals surface area contributed by atoms with Crippen LogP contribution in [0.2, 0.25) is 0 Å². The van der Waals surface area contributed by atoms with E-state index < -0.39 is 11.8 Å². The molecule has 3 amide bonds. The van der Waals surface area contributed by atoms with Crippen LogP contribution in [0.1, 0.15) is 25.7 Å². The third-order valence-electron chi connectivity index (χ3n) is 3.90.